The van der Waals surface area contributed by atoms with Crippen molar-refractivity contribution in [2.45, 2.75) is 5.38 Å². The molecule has 6 heteroatoms. The van der Waals surface area contributed by atoms with Gasteiger partial charge in [0.2, 0.25) is 0 Å². The van der Waals surface area contributed by atoms with Crippen LogP contribution in [0.15, 0.2) is 39.3 Å². The van der Waals surface area contributed by atoms with Crippen molar-refractivity contribution in [3.8, 4) is 11.5 Å². The smallest absolute Gasteiger partial charge is 0.162 e. The van der Waals surface area contributed by atoms with E-state index in [1.54, 1.807) is 12.1 Å². The highest BCUT2D eigenvalue weighted by Crippen LogP contribution is 2.43. The number of benzene rings is 2. The first kappa shape index (κ1) is 15.1. The van der Waals surface area contributed by atoms with Crippen molar-refractivity contribution in [1.29, 1.82) is 0 Å². The van der Waals surface area contributed by atoms with Crippen molar-refractivity contribution >= 4 is 43.5 Å². The van der Waals surface area contributed by atoms with Gasteiger partial charge in [0.1, 0.15) is 19.0 Å². The first-order chi connectivity index (χ1) is 10.1. The highest BCUT2D eigenvalue weighted by atomic mass is 79.9. The number of fused-ring (bicyclic) bond motifs is 1. The van der Waals surface area contributed by atoms with Gasteiger partial charge in [0, 0.05) is 4.47 Å². The summed E-state index contributed by atoms with van der Waals surface area (Å²) in [5, 5.41) is -0.514. The Bertz CT molecular complexity index is 694. The van der Waals surface area contributed by atoms with E-state index in [-0.39, 0.29) is 5.82 Å². The van der Waals surface area contributed by atoms with Crippen LogP contribution in [0, 0.1) is 5.82 Å². The fourth-order valence-electron chi connectivity index (χ4n) is 2.16. The van der Waals surface area contributed by atoms with E-state index in [0.717, 1.165) is 10.0 Å². The zero-order chi connectivity index (χ0) is 15.0. The molecule has 2 aromatic carbocycles. The summed E-state index contributed by atoms with van der Waals surface area (Å²) < 4.78 is 25.9. The number of halogens is 4. The van der Waals surface area contributed by atoms with E-state index < -0.39 is 5.38 Å². The molecule has 0 saturated carbocycles. The lowest BCUT2D eigenvalue weighted by molar-refractivity contribution is 0.171. The van der Waals surface area contributed by atoms with E-state index in [9.17, 15) is 4.39 Å². The third-order valence-corrected chi connectivity index (χ3v) is 5.18. The van der Waals surface area contributed by atoms with E-state index in [4.69, 9.17) is 21.1 Å². The van der Waals surface area contributed by atoms with Crippen LogP contribution in [0.25, 0.3) is 0 Å². The molecule has 0 fully saturated rings. The van der Waals surface area contributed by atoms with Crippen molar-refractivity contribution in [2.24, 2.45) is 0 Å². The quantitative estimate of drug-likeness (QED) is 0.583. The Balaban J connectivity index is 2.05. The molecule has 0 bridgehead atoms. The highest BCUT2D eigenvalue weighted by molar-refractivity contribution is 9.10. The van der Waals surface area contributed by atoms with Crippen LogP contribution in [0.1, 0.15) is 16.5 Å². The third-order valence-electron chi connectivity index (χ3n) is 3.19. The zero-order valence-electron chi connectivity index (χ0n) is 10.7. The van der Waals surface area contributed by atoms with Crippen molar-refractivity contribution in [1.82, 2.24) is 0 Å². The van der Waals surface area contributed by atoms with E-state index in [2.05, 4.69) is 31.9 Å². The molecule has 0 spiro atoms. The Kier molecular flexibility index (Phi) is 4.43. The molecule has 1 heterocycles. The molecule has 1 aliphatic heterocycles. The van der Waals surface area contributed by atoms with Crippen molar-refractivity contribution in [3.63, 3.8) is 0 Å². The topological polar surface area (TPSA) is 18.5 Å². The molecule has 0 aromatic heterocycles. The van der Waals surface area contributed by atoms with Crippen LogP contribution in [0.5, 0.6) is 11.5 Å². The number of hydrogen-bond acceptors (Lipinski definition) is 2. The van der Waals surface area contributed by atoms with Gasteiger partial charge in [-0.3, -0.25) is 0 Å². The molecular formula is C15H10Br2ClFO2. The Morgan fingerprint density at radius 3 is 2.43 bits per heavy atom. The summed E-state index contributed by atoms with van der Waals surface area (Å²) in [6, 6.07) is 8.46. The zero-order valence-corrected chi connectivity index (χ0v) is 14.6. The normalized spacial score (nSPS) is 14.9. The van der Waals surface area contributed by atoms with Crippen LogP contribution in [0.2, 0.25) is 0 Å². The molecule has 0 aliphatic carbocycles. The molecule has 1 aliphatic rings. The Hall–Kier alpha value is -0.780. The molecular weight excluding hydrogens is 426 g/mol. The largest absolute Gasteiger partial charge is 0.486 e. The minimum absolute atomic E-state index is 0.341. The average Bonchev–Trinajstić information content (AvgIpc) is 2.48. The van der Waals surface area contributed by atoms with Gasteiger partial charge >= 0.3 is 0 Å². The molecule has 2 aromatic rings. The van der Waals surface area contributed by atoms with E-state index in [1.165, 1.54) is 6.07 Å². The summed E-state index contributed by atoms with van der Waals surface area (Å²) in [4.78, 5) is 0. The van der Waals surface area contributed by atoms with Gasteiger partial charge in [0.15, 0.2) is 11.5 Å². The molecule has 3 rings (SSSR count). The molecule has 1 atom stereocenters. The summed E-state index contributed by atoms with van der Waals surface area (Å²) in [7, 11) is 0. The molecule has 0 amide bonds. The van der Waals surface area contributed by atoms with Gasteiger partial charge < -0.3 is 9.47 Å². The van der Waals surface area contributed by atoms with Crippen LogP contribution in [0.4, 0.5) is 4.39 Å². The lowest BCUT2D eigenvalue weighted by Gasteiger charge is -2.22. The van der Waals surface area contributed by atoms with Crippen LogP contribution >= 0.6 is 43.5 Å². The van der Waals surface area contributed by atoms with Gasteiger partial charge in [-0.1, -0.05) is 28.1 Å². The minimum Gasteiger partial charge on any atom is -0.486 e. The van der Waals surface area contributed by atoms with E-state index in [1.807, 2.05) is 12.1 Å². The van der Waals surface area contributed by atoms with Gasteiger partial charge in [-0.25, -0.2) is 4.39 Å². The van der Waals surface area contributed by atoms with Gasteiger partial charge in [0.25, 0.3) is 0 Å². The van der Waals surface area contributed by atoms with Crippen molar-refractivity contribution in [2.75, 3.05) is 13.2 Å². The molecule has 110 valence electrons. The van der Waals surface area contributed by atoms with Crippen molar-refractivity contribution < 1.29 is 13.9 Å². The predicted octanol–water partition coefficient (Wildman–Crippen LogP) is 5.45. The Morgan fingerprint density at radius 2 is 1.71 bits per heavy atom. The monoisotopic (exact) mass is 434 g/mol. The summed E-state index contributed by atoms with van der Waals surface area (Å²) in [6.07, 6.45) is 0. The Morgan fingerprint density at radius 1 is 1.05 bits per heavy atom. The summed E-state index contributed by atoms with van der Waals surface area (Å²) >= 11 is 13.3. The maximum absolute atomic E-state index is 13.7. The average molecular weight is 437 g/mol. The fraction of sp³-hybridized carbons (Fsp3) is 0.200. The SMILES string of the molecule is Fc1cccc(C(Cl)c2cc3c(cc2Br)OCCO3)c1Br. The van der Waals surface area contributed by atoms with Gasteiger partial charge in [0.05, 0.1) is 9.85 Å². The standard InChI is InChI=1S/C15H10Br2ClFO2/c16-10-7-13-12(20-4-5-21-13)6-9(10)15(18)8-2-1-3-11(19)14(8)17/h1-3,6-7,15H,4-5H2. The molecule has 2 nitrogen and oxygen atoms in total. The Labute approximate surface area is 143 Å². The first-order valence-electron chi connectivity index (χ1n) is 6.25. The van der Waals surface area contributed by atoms with Crippen LogP contribution in [0.3, 0.4) is 0 Å². The van der Waals surface area contributed by atoms with Gasteiger partial charge in [-0.2, -0.15) is 0 Å². The van der Waals surface area contributed by atoms with E-state index in [0.29, 0.717) is 34.7 Å². The molecule has 0 saturated heterocycles. The number of rotatable bonds is 2. The maximum atomic E-state index is 13.7. The third kappa shape index (κ3) is 2.91. The van der Waals surface area contributed by atoms with Crippen LogP contribution in [-0.4, -0.2) is 13.2 Å². The predicted molar refractivity (Wildman–Crippen MR) is 86.9 cm³/mol. The minimum atomic E-state index is -0.514. The highest BCUT2D eigenvalue weighted by Gasteiger charge is 2.22. The van der Waals surface area contributed by atoms with Gasteiger partial charge in [-0.05, 0) is 45.3 Å². The fourth-order valence-corrected chi connectivity index (χ4v) is 3.83. The maximum Gasteiger partial charge on any atom is 0.162 e. The molecule has 1 unspecified atom stereocenters. The van der Waals surface area contributed by atoms with Gasteiger partial charge in [-0.15, -0.1) is 11.6 Å². The first-order valence-corrected chi connectivity index (χ1v) is 8.27. The summed E-state index contributed by atoms with van der Waals surface area (Å²) in [6.45, 7) is 1.03. The summed E-state index contributed by atoms with van der Waals surface area (Å²) in [5.41, 5.74) is 1.46. The van der Waals surface area contributed by atoms with E-state index >= 15 is 0 Å². The molecule has 21 heavy (non-hydrogen) atoms. The second-order valence-corrected chi connectivity index (χ2v) is 6.61. The van der Waals surface area contributed by atoms with Crippen LogP contribution in [-0.2, 0) is 0 Å². The number of hydrogen-bond donors (Lipinski definition) is 0. The van der Waals surface area contributed by atoms with Crippen molar-refractivity contribution in [3.05, 3.63) is 56.2 Å². The van der Waals surface area contributed by atoms with Crippen LogP contribution < -0.4 is 9.47 Å². The number of ether oxygens (including phenoxy) is 2. The lowest BCUT2D eigenvalue weighted by atomic mass is 10.0. The second-order valence-electron chi connectivity index (χ2n) is 4.52. The summed E-state index contributed by atoms with van der Waals surface area (Å²) in [5.74, 6) is 0.989. The second kappa shape index (κ2) is 6.15. The lowest BCUT2D eigenvalue weighted by Crippen LogP contribution is -2.15. The molecule has 0 N–H and O–H groups in total. The molecule has 0 radical (unpaired) electrons. The number of alkyl halides is 1.